The van der Waals surface area contributed by atoms with Crippen LogP contribution in [0.4, 0.5) is 15.8 Å². The Labute approximate surface area is 173 Å². The molecule has 1 aliphatic heterocycles. The van der Waals surface area contributed by atoms with E-state index in [1.54, 1.807) is 26.0 Å². The van der Waals surface area contributed by atoms with Gasteiger partial charge in [0, 0.05) is 12.4 Å². The van der Waals surface area contributed by atoms with E-state index in [9.17, 15) is 9.18 Å². The number of furan rings is 1. The average Bonchev–Trinajstić information content (AvgIpc) is 3.24. The molecule has 0 saturated carbocycles. The molecule has 1 aromatic carbocycles. The fraction of sp³-hybridized carbons (Fsp3) is 0.300. The lowest BCUT2D eigenvalue weighted by molar-refractivity contribution is -0.147. The highest BCUT2D eigenvalue weighted by molar-refractivity contribution is 6.32. The number of hydrogen-bond acceptors (Lipinski definition) is 7. The number of aromatic nitrogens is 1. The van der Waals surface area contributed by atoms with Crippen LogP contribution in [0, 0.1) is 5.82 Å². The number of hydrogen-bond donors (Lipinski definition) is 2. The van der Waals surface area contributed by atoms with Crippen molar-refractivity contribution in [3.63, 3.8) is 0 Å². The summed E-state index contributed by atoms with van der Waals surface area (Å²) >= 11 is 0. The summed E-state index contributed by atoms with van der Waals surface area (Å²) in [4.78, 5) is 22.0. The van der Waals surface area contributed by atoms with Gasteiger partial charge in [-0.1, -0.05) is 11.5 Å². The van der Waals surface area contributed by atoms with Gasteiger partial charge in [0.15, 0.2) is 5.79 Å². The molecule has 1 fully saturated rings. The van der Waals surface area contributed by atoms with Gasteiger partial charge in [0.05, 0.1) is 17.7 Å². The largest absolute Gasteiger partial charge is 0.448 e. The first-order valence-electron chi connectivity index (χ1n) is 9.25. The molecule has 30 heavy (non-hydrogen) atoms. The third-order valence-electron chi connectivity index (χ3n) is 4.45. The highest BCUT2D eigenvalue weighted by atomic mass is 19.1. The molecule has 8 nitrogen and oxygen atoms in total. The quantitative estimate of drug-likeness (QED) is 0.475. The number of nitrogens with zero attached hydrogens (tertiary/aromatic N) is 1. The maximum atomic E-state index is 14.3. The normalized spacial score (nSPS) is 17.9. The van der Waals surface area contributed by atoms with Crippen LogP contribution in [0.25, 0.3) is 11.0 Å². The molecule has 0 spiro atoms. The first kappa shape index (κ1) is 20.3. The lowest BCUT2D eigenvalue weighted by Gasteiger charge is -2.16. The van der Waals surface area contributed by atoms with Crippen LogP contribution in [-0.4, -0.2) is 43.8 Å². The van der Waals surface area contributed by atoms with Crippen molar-refractivity contribution >= 4 is 41.6 Å². The van der Waals surface area contributed by atoms with E-state index in [1.807, 2.05) is 0 Å². The molecule has 2 aromatic heterocycles. The van der Waals surface area contributed by atoms with Crippen molar-refractivity contribution in [2.75, 3.05) is 18.5 Å². The molecule has 1 atom stereocenters. The minimum absolute atomic E-state index is 0.0851. The van der Waals surface area contributed by atoms with Crippen LogP contribution in [0.5, 0.6) is 0 Å². The number of nitrogens with one attached hydrogen (secondary N) is 2. The van der Waals surface area contributed by atoms with Crippen molar-refractivity contribution in [2.24, 2.45) is 0 Å². The number of fused-ring (bicyclic) bond motifs is 1. The minimum Gasteiger partial charge on any atom is -0.448 e. The van der Waals surface area contributed by atoms with Crippen molar-refractivity contribution in [2.45, 2.75) is 25.7 Å². The monoisotopic (exact) mass is 411 g/mol. The summed E-state index contributed by atoms with van der Waals surface area (Å²) in [5, 5.41) is 3.40. The first-order valence-corrected chi connectivity index (χ1v) is 9.25. The summed E-state index contributed by atoms with van der Waals surface area (Å²) in [6.45, 7) is 4.03. The van der Waals surface area contributed by atoms with E-state index in [4.69, 9.17) is 26.6 Å². The topological polar surface area (TPSA) is 94.9 Å². The summed E-state index contributed by atoms with van der Waals surface area (Å²) in [5.41, 5.74) is 3.39. The minimum atomic E-state index is -0.690. The zero-order valence-electron chi connectivity index (χ0n) is 16.4. The molecule has 0 aliphatic carbocycles. The number of hydroxylamine groups is 1. The van der Waals surface area contributed by atoms with Crippen molar-refractivity contribution in [3.05, 3.63) is 48.2 Å². The molecular formula is C20H19BFN3O5. The molecule has 2 radical (unpaired) electrons. The molecule has 1 amide bonds. The SMILES string of the molecule is [B]c1ccc(Nc2c(C(=O)NOC[C@H]3COC(C)(C)O3)oc3ccncc23)c(F)c1. The van der Waals surface area contributed by atoms with Gasteiger partial charge in [0.1, 0.15) is 37.6 Å². The maximum Gasteiger partial charge on any atom is 0.312 e. The Bertz CT molecular complexity index is 1090. The number of benzene rings is 1. The number of ether oxygens (including phenoxy) is 2. The van der Waals surface area contributed by atoms with Gasteiger partial charge in [-0.15, -0.1) is 0 Å². The van der Waals surface area contributed by atoms with E-state index in [2.05, 4.69) is 15.8 Å². The third-order valence-corrected chi connectivity index (χ3v) is 4.45. The van der Waals surface area contributed by atoms with Crippen LogP contribution >= 0.6 is 0 Å². The lowest BCUT2D eigenvalue weighted by Crippen LogP contribution is -2.30. The number of carbonyl (C=O) groups is 1. The smallest absolute Gasteiger partial charge is 0.312 e. The van der Waals surface area contributed by atoms with Gasteiger partial charge in [-0.3, -0.25) is 14.6 Å². The van der Waals surface area contributed by atoms with Crippen LogP contribution in [-0.2, 0) is 14.3 Å². The van der Waals surface area contributed by atoms with E-state index in [-0.39, 0.29) is 35.3 Å². The van der Waals surface area contributed by atoms with Gasteiger partial charge in [0.2, 0.25) is 5.76 Å². The fourth-order valence-electron chi connectivity index (χ4n) is 3.08. The molecule has 1 aliphatic rings. The van der Waals surface area contributed by atoms with E-state index < -0.39 is 17.5 Å². The second-order valence-electron chi connectivity index (χ2n) is 7.24. The number of carbonyl (C=O) groups excluding carboxylic acids is 1. The highest BCUT2D eigenvalue weighted by Crippen LogP contribution is 2.33. The van der Waals surface area contributed by atoms with E-state index >= 15 is 0 Å². The van der Waals surface area contributed by atoms with Gasteiger partial charge in [-0.25, -0.2) is 9.87 Å². The first-order chi connectivity index (χ1) is 14.3. The summed E-state index contributed by atoms with van der Waals surface area (Å²) in [6.07, 6.45) is 2.72. The van der Waals surface area contributed by atoms with E-state index in [0.717, 1.165) is 0 Å². The summed E-state index contributed by atoms with van der Waals surface area (Å²) < 4.78 is 31.0. The second kappa shape index (κ2) is 8.06. The van der Waals surface area contributed by atoms with Crippen LogP contribution in [0.3, 0.4) is 0 Å². The number of pyridine rings is 1. The van der Waals surface area contributed by atoms with Crippen LogP contribution in [0.15, 0.2) is 41.1 Å². The Hall–Kier alpha value is -2.95. The van der Waals surface area contributed by atoms with Crippen molar-refractivity contribution in [1.29, 1.82) is 0 Å². The molecule has 3 aromatic rings. The van der Waals surface area contributed by atoms with E-state index in [0.29, 0.717) is 17.6 Å². The molecule has 3 heterocycles. The van der Waals surface area contributed by atoms with Crippen molar-refractivity contribution in [1.82, 2.24) is 10.5 Å². The predicted molar refractivity (Wildman–Crippen MR) is 107 cm³/mol. The summed E-state index contributed by atoms with van der Waals surface area (Å²) in [5.74, 6) is -2.00. The van der Waals surface area contributed by atoms with Crippen molar-refractivity contribution in [3.8, 4) is 0 Å². The summed E-state index contributed by atoms with van der Waals surface area (Å²) in [7, 11) is 5.60. The Morgan fingerprint density at radius 1 is 1.40 bits per heavy atom. The zero-order chi connectivity index (χ0) is 21.3. The molecule has 4 rings (SSSR count). The van der Waals surface area contributed by atoms with Gasteiger partial charge in [-0.05, 0) is 32.0 Å². The molecule has 10 heteroatoms. The molecule has 0 bridgehead atoms. The summed E-state index contributed by atoms with van der Waals surface area (Å²) in [6, 6.07) is 5.79. The average molecular weight is 411 g/mol. The molecule has 2 N–H and O–H groups in total. The lowest BCUT2D eigenvalue weighted by atomic mass is 9.96. The number of rotatable bonds is 6. The molecule has 1 saturated heterocycles. The maximum absolute atomic E-state index is 14.3. The molecular weight excluding hydrogens is 392 g/mol. The third kappa shape index (κ3) is 4.30. The van der Waals surface area contributed by atoms with Crippen LogP contribution < -0.4 is 16.3 Å². The highest BCUT2D eigenvalue weighted by Gasteiger charge is 2.33. The Morgan fingerprint density at radius 3 is 2.97 bits per heavy atom. The van der Waals surface area contributed by atoms with Gasteiger partial charge >= 0.3 is 5.91 Å². The van der Waals surface area contributed by atoms with Gasteiger partial charge in [-0.2, -0.15) is 0 Å². The zero-order valence-corrected chi connectivity index (χ0v) is 16.4. The predicted octanol–water partition coefficient (Wildman–Crippen LogP) is 2.32. The van der Waals surface area contributed by atoms with Crippen molar-refractivity contribution < 1.29 is 27.9 Å². The standard InChI is InChI=1S/C20H19BFN3O5/c1-20(2)27-9-12(30-20)10-28-25-19(26)18-17(13-8-23-6-5-16(13)29-18)24-15-4-3-11(21)7-14(15)22/h3-8,12,24H,9-10H2,1-2H3,(H,25,26)/t12-/m1/s1. The van der Waals surface area contributed by atoms with Gasteiger partial charge < -0.3 is 19.2 Å². The fourth-order valence-corrected chi connectivity index (χ4v) is 3.08. The second-order valence-corrected chi connectivity index (χ2v) is 7.24. The van der Waals surface area contributed by atoms with E-state index in [1.165, 1.54) is 24.5 Å². The molecule has 154 valence electrons. The number of halogens is 1. The van der Waals surface area contributed by atoms with Crippen LogP contribution in [0.2, 0.25) is 0 Å². The number of anilines is 2. The Balaban J connectivity index is 1.53. The molecule has 0 unspecified atom stereocenters. The number of amides is 1. The Kier molecular flexibility index (Phi) is 5.46. The van der Waals surface area contributed by atoms with Gasteiger partial charge in [0.25, 0.3) is 0 Å². The van der Waals surface area contributed by atoms with Crippen LogP contribution in [0.1, 0.15) is 24.4 Å². The Morgan fingerprint density at radius 2 is 2.23 bits per heavy atom.